The summed E-state index contributed by atoms with van der Waals surface area (Å²) in [6, 6.07) is 9.62. The number of H-pyrrole nitrogens is 1. The van der Waals surface area contributed by atoms with Crippen molar-refractivity contribution in [3.05, 3.63) is 65.5 Å². The Hall–Kier alpha value is -2.89. The number of aromatic amines is 1. The van der Waals surface area contributed by atoms with Crippen molar-refractivity contribution >= 4 is 5.91 Å². The third kappa shape index (κ3) is 3.48. The quantitative estimate of drug-likeness (QED) is 0.760. The Morgan fingerprint density at radius 1 is 1.30 bits per heavy atom. The van der Waals surface area contributed by atoms with E-state index in [1.807, 2.05) is 6.92 Å². The highest BCUT2D eigenvalue weighted by atomic mass is 19.1. The zero-order valence-corrected chi connectivity index (χ0v) is 12.6. The van der Waals surface area contributed by atoms with Gasteiger partial charge in [-0.3, -0.25) is 9.89 Å². The minimum Gasteiger partial charge on any atom is -0.467 e. The number of hydrogen-bond donors (Lipinski definition) is 2. The van der Waals surface area contributed by atoms with Gasteiger partial charge in [0, 0.05) is 16.8 Å². The van der Waals surface area contributed by atoms with Crippen molar-refractivity contribution in [3.63, 3.8) is 0 Å². The molecular formula is C17H16FN3O2. The van der Waals surface area contributed by atoms with E-state index in [0.29, 0.717) is 18.0 Å². The molecule has 0 aliphatic carbocycles. The second-order valence-electron chi connectivity index (χ2n) is 5.22. The zero-order valence-electron chi connectivity index (χ0n) is 12.6. The Morgan fingerprint density at radius 2 is 2.09 bits per heavy atom. The van der Waals surface area contributed by atoms with Gasteiger partial charge >= 0.3 is 0 Å². The van der Waals surface area contributed by atoms with Crippen molar-refractivity contribution in [1.29, 1.82) is 0 Å². The minimum absolute atomic E-state index is 0.130. The van der Waals surface area contributed by atoms with E-state index in [4.69, 9.17) is 4.42 Å². The predicted molar refractivity (Wildman–Crippen MR) is 83.0 cm³/mol. The number of aryl methyl sites for hydroxylation is 1. The first kappa shape index (κ1) is 15.0. The average Bonchev–Trinajstić information content (AvgIpc) is 3.17. The second-order valence-corrected chi connectivity index (χ2v) is 5.22. The summed E-state index contributed by atoms with van der Waals surface area (Å²) in [5, 5.41) is 9.92. The van der Waals surface area contributed by atoms with Crippen LogP contribution in [0.5, 0.6) is 0 Å². The van der Waals surface area contributed by atoms with Crippen LogP contribution in [0.1, 0.15) is 17.0 Å². The van der Waals surface area contributed by atoms with Crippen LogP contribution in [-0.4, -0.2) is 16.1 Å². The van der Waals surface area contributed by atoms with Crippen LogP contribution in [0.2, 0.25) is 0 Å². The van der Waals surface area contributed by atoms with Crippen molar-refractivity contribution in [2.45, 2.75) is 19.9 Å². The molecule has 0 bridgehead atoms. The van der Waals surface area contributed by atoms with Gasteiger partial charge in [0.05, 0.1) is 24.9 Å². The van der Waals surface area contributed by atoms with Gasteiger partial charge in [0.1, 0.15) is 11.6 Å². The zero-order chi connectivity index (χ0) is 16.2. The second kappa shape index (κ2) is 6.48. The summed E-state index contributed by atoms with van der Waals surface area (Å²) in [6.45, 7) is 2.20. The molecule has 23 heavy (non-hydrogen) atoms. The fourth-order valence-electron chi connectivity index (χ4n) is 2.34. The van der Waals surface area contributed by atoms with Gasteiger partial charge in [-0.25, -0.2) is 4.39 Å². The molecule has 2 heterocycles. The molecule has 0 aliphatic heterocycles. The number of nitrogens with zero attached hydrogens (tertiary/aromatic N) is 1. The lowest BCUT2D eigenvalue weighted by Crippen LogP contribution is -2.24. The molecular weight excluding hydrogens is 297 g/mol. The molecule has 0 fully saturated rings. The van der Waals surface area contributed by atoms with Gasteiger partial charge in [0.25, 0.3) is 0 Å². The molecule has 1 amide bonds. The van der Waals surface area contributed by atoms with Gasteiger partial charge in [0.15, 0.2) is 0 Å². The van der Waals surface area contributed by atoms with Crippen molar-refractivity contribution in [1.82, 2.24) is 15.5 Å². The Bertz CT molecular complexity index is 792. The van der Waals surface area contributed by atoms with Crippen molar-refractivity contribution in [3.8, 4) is 11.3 Å². The van der Waals surface area contributed by atoms with Crippen molar-refractivity contribution < 1.29 is 13.6 Å². The lowest BCUT2D eigenvalue weighted by atomic mass is 10.0. The number of aromatic nitrogens is 2. The van der Waals surface area contributed by atoms with Crippen LogP contribution in [0.15, 0.2) is 47.1 Å². The van der Waals surface area contributed by atoms with Gasteiger partial charge in [0.2, 0.25) is 5.91 Å². The Labute approximate surface area is 132 Å². The molecule has 0 saturated heterocycles. The number of carbonyl (C=O) groups excluding carboxylic acids is 1. The summed E-state index contributed by atoms with van der Waals surface area (Å²) in [5.41, 5.74) is 3.05. The van der Waals surface area contributed by atoms with Crippen LogP contribution in [0.25, 0.3) is 11.3 Å². The fraction of sp³-hybridized carbons (Fsp3) is 0.176. The summed E-state index contributed by atoms with van der Waals surface area (Å²) in [5.74, 6) is 0.258. The Kier molecular flexibility index (Phi) is 4.23. The maximum Gasteiger partial charge on any atom is 0.224 e. The summed E-state index contributed by atoms with van der Waals surface area (Å²) in [4.78, 5) is 12.1. The van der Waals surface area contributed by atoms with Crippen molar-refractivity contribution in [2.24, 2.45) is 0 Å². The molecule has 0 atom stereocenters. The number of carbonyl (C=O) groups is 1. The highest BCUT2D eigenvalue weighted by molar-refractivity contribution is 5.81. The molecule has 5 nitrogen and oxygen atoms in total. The Morgan fingerprint density at radius 3 is 2.78 bits per heavy atom. The first-order valence-electron chi connectivity index (χ1n) is 7.22. The number of hydrogen-bond acceptors (Lipinski definition) is 3. The Balaban J connectivity index is 1.73. The number of furan rings is 1. The van der Waals surface area contributed by atoms with E-state index in [2.05, 4.69) is 15.5 Å². The van der Waals surface area contributed by atoms with E-state index in [0.717, 1.165) is 16.8 Å². The summed E-state index contributed by atoms with van der Waals surface area (Å²) < 4.78 is 18.2. The fourth-order valence-corrected chi connectivity index (χ4v) is 2.34. The molecule has 3 aromatic rings. The molecule has 0 aliphatic rings. The maximum atomic E-state index is 13.1. The molecule has 0 radical (unpaired) electrons. The lowest BCUT2D eigenvalue weighted by molar-refractivity contribution is -0.120. The maximum absolute atomic E-state index is 13.1. The third-order valence-corrected chi connectivity index (χ3v) is 3.57. The van der Waals surface area contributed by atoms with Gasteiger partial charge in [-0.1, -0.05) is 0 Å². The van der Waals surface area contributed by atoms with E-state index in [1.165, 1.54) is 12.1 Å². The summed E-state index contributed by atoms with van der Waals surface area (Å²) >= 11 is 0. The molecule has 0 unspecified atom stereocenters. The first-order chi connectivity index (χ1) is 11.1. The smallest absolute Gasteiger partial charge is 0.224 e. The van der Waals surface area contributed by atoms with E-state index >= 15 is 0 Å². The molecule has 2 N–H and O–H groups in total. The number of halogens is 1. The number of nitrogens with one attached hydrogen (secondary N) is 2. The monoisotopic (exact) mass is 313 g/mol. The van der Waals surface area contributed by atoms with E-state index in [9.17, 15) is 9.18 Å². The number of rotatable bonds is 5. The molecule has 1 aromatic carbocycles. The van der Waals surface area contributed by atoms with Crippen LogP contribution >= 0.6 is 0 Å². The topological polar surface area (TPSA) is 70.9 Å². The predicted octanol–water partition coefficient (Wildman–Crippen LogP) is 2.98. The highest BCUT2D eigenvalue weighted by Crippen LogP contribution is 2.24. The molecule has 0 spiro atoms. The van der Waals surface area contributed by atoms with Crippen molar-refractivity contribution in [2.75, 3.05) is 0 Å². The summed E-state index contributed by atoms with van der Waals surface area (Å²) in [6.07, 6.45) is 1.75. The number of amides is 1. The molecule has 6 heteroatoms. The van der Waals surface area contributed by atoms with Gasteiger partial charge in [-0.2, -0.15) is 5.10 Å². The van der Waals surface area contributed by atoms with E-state index < -0.39 is 0 Å². The van der Waals surface area contributed by atoms with Crippen LogP contribution in [-0.2, 0) is 17.8 Å². The van der Waals surface area contributed by atoms with Crippen LogP contribution in [0.3, 0.4) is 0 Å². The molecule has 118 valence electrons. The minimum atomic E-state index is -0.307. The van der Waals surface area contributed by atoms with E-state index in [-0.39, 0.29) is 18.1 Å². The third-order valence-electron chi connectivity index (χ3n) is 3.57. The molecule has 2 aromatic heterocycles. The van der Waals surface area contributed by atoms with Gasteiger partial charge in [-0.15, -0.1) is 0 Å². The van der Waals surface area contributed by atoms with Crippen LogP contribution < -0.4 is 5.32 Å². The summed E-state index contributed by atoms with van der Waals surface area (Å²) in [7, 11) is 0. The van der Waals surface area contributed by atoms with E-state index in [1.54, 1.807) is 30.5 Å². The van der Waals surface area contributed by atoms with Crippen LogP contribution in [0, 0.1) is 12.7 Å². The SMILES string of the molecule is Cc1[nH]nc(-c2ccc(F)cc2)c1CC(=O)NCc1ccco1. The van der Waals surface area contributed by atoms with Gasteiger partial charge < -0.3 is 9.73 Å². The normalized spacial score (nSPS) is 10.7. The first-order valence-corrected chi connectivity index (χ1v) is 7.22. The van der Waals surface area contributed by atoms with Gasteiger partial charge in [-0.05, 0) is 43.3 Å². The van der Waals surface area contributed by atoms with Crippen LogP contribution in [0.4, 0.5) is 4.39 Å². The number of benzene rings is 1. The molecule has 0 saturated carbocycles. The standard InChI is InChI=1S/C17H16FN3O2/c1-11-15(9-16(22)19-10-14-3-2-8-23-14)17(21-20-11)12-4-6-13(18)7-5-12/h2-8H,9-10H2,1H3,(H,19,22)(H,20,21). The average molecular weight is 313 g/mol. The largest absolute Gasteiger partial charge is 0.467 e. The molecule has 3 rings (SSSR count). The highest BCUT2D eigenvalue weighted by Gasteiger charge is 2.16. The lowest BCUT2D eigenvalue weighted by Gasteiger charge is -2.06.